The minimum absolute atomic E-state index is 0. The maximum absolute atomic E-state index is 13.0. The summed E-state index contributed by atoms with van der Waals surface area (Å²) in [5.74, 6) is 0.543. The largest absolute Gasteiger partial charge is 0.382 e. The zero-order valence-electron chi connectivity index (χ0n) is 15.9. The number of nitrogens with zero attached hydrogens (tertiary/aromatic N) is 3. The highest BCUT2D eigenvalue weighted by molar-refractivity contribution is 14.0. The van der Waals surface area contributed by atoms with Crippen molar-refractivity contribution < 1.29 is 9.13 Å². The lowest BCUT2D eigenvalue weighted by Crippen LogP contribution is -2.38. The summed E-state index contributed by atoms with van der Waals surface area (Å²) < 4.78 is 20.1. The first-order valence-electron chi connectivity index (χ1n) is 9.05. The number of benzene rings is 1. The van der Waals surface area contributed by atoms with Gasteiger partial charge in [0.05, 0.1) is 11.4 Å². The third kappa shape index (κ3) is 8.70. The zero-order chi connectivity index (χ0) is 18.6. The maximum atomic E-state index is 13.0. The first kappa shape index (κ1) is 23.4. The summed E-state index contributed by atoms with van der Waals surface area (Å²) in [6.45, 7) is 5.19. The van der Waals surface area contributed by atoms with Crippen molar-refractivity contribution in [2.75, 3.05) is 33.4 Å². The van der Waals surface area contributed by atoms with Crippen LogP contribution in [0.5, 0.6) is 0 Å². The Hall–Kier alpha value is -1.68. The summed E-state index contributed by atoms with van der Waals surface area (Å²) >= 11 is 0. The van der Waals surface area contributed by atoms with E-state index in [-0.39, 0.29) is 29.8 Å². The Labute approximate surface area is 177 Å². The first-order chi connectivity index (χ1) is 12.7. The van der Waals surface area contributed by atoms with Gasteiger partial charge in [-0.25, -0.2) is 9.07 Å². The molecule has 2 N–H and O–H groups in total. The van der Waals surface area contributed by atoms with Crippen LogP contribution < -0.4 is 10.6 Å². The lowest BCUT2D eigenvalue weighted by Gasteiger charge is -2.11. The third-order valence-electron chi connectivity index (χ3n) is 3.84. The zero-order valence-corrected chi connectivity index (χ0v) is 18.3. The number of ether oxygens (including phenoxy) is 1. The second-order valence-corrected chi connectivity index (χ2v) is 5.81. The quantitative estimate of drug-likeness (QED) is 0.233. The SMILES string of the molecule is CCOCCCCNC(=NC)NCCc1ccn(-c2ccc(F)cc2)n1.I. The minimum Gasteiger partial charge on any atom is -0.382 e. The van der Waals surface area contributed by atoms with E-state index in [1.165, 1.54) is 12.1 Å². The smallest absolute Gasteiger partial charge is 0.190 e. The summed E-state index contributed by atoms with van der Waals surface area (Å²) in [7, 11) is 1.76. The van der Waals surface area contributed by atoms with Crippen LogP contribution in [-0.2, 0) is 11.2 Å². The molecule has 2 rings (SSSR count). The van der Waals surface area contributed by atoms with Crippen molar-refractivity contribution in [3.63, 3.8) is 0 Å². The van der Waals surface area contributed by atoms with Crippen LogP contribution >= 0.6 is 24.0 Å². The Morgan fingerprint density at radius 2 is 1.89 bits per heavy atom. The van der Waals surface area contributed by atoms with Crippen LogP contribution in [0.4, 0.5) is 4.39 Å². The molecule has 0 atom stereocenters. The van der Waals surface area contributed by atoms with Gasteiger partial charge in [-0.2, -0.15) is 5.10 Å². The molecule has 0 bridgehead atoms. The van der Waals surface area contributed by atoms with Crippen LogP contribution in [0.15, 0.2) is 41.5 Å². The predicted molar refractivity (Wildman–Crippen MR) is 118 cm³/mol. The van der Waals surface area contributed by atoms with Crippen molar-refractivity contribution in [3.8, 4) is 5.69 Å². The van der Waals surface area contributed by atoms with E-state index in [1.54, 1.807) is 23.9 Å². The fraction of sp³-hybridized carbons (Fsp3) is 0.474. The van der Waals surface area contributed by atoms with Gasteiger partial charge in [0.15, 0.2) is 5.96 Å². The number of unbranched alkanes of at least 4 members (excludes halogenated alkanes) is 1. The molecule has 0 aliphatic carbocycles. The lowest BCUT2D eigenvalue weighted by molar-refractivity contribution is 0.143. The molecule has 8 heteroatoms. The topological polar surface area (TPSA) is 63.5 Å². The molecule has 2 aromatic rings. The van der Waals surface area contributed by atoms with Gasteiger partial charge in [-0.15, -0.1) is 24.0 Å². The third-order valence-corrected chi connectivity index (χ3v) is 3.84. The highest BCUT2D eigenvalue weighted by Gasteiger charge is 2.03. The molecule has 0 spiro atoms. The van der Waals surface area contributed by atoms with E-state index in [0.29, 0.717) is 0 Å². The summed E-state index contributed by atoms with van der Waals surface area (Å²) in [5, 5.41) is 11.1. The number of hydrogen-bond donors (Lipinski definition) is 2. The van der Waals surface area contributed by atoms with E-state index in [2.05, 4.69) is 20.7 Å². The van der Waals surface area contributed by atoms with Gasteiger partial charge in [-0.1, -0.05) is 0 Å². The van der Waals surface area contributed by atoms with E-state index in [0.717, 1.165) is 62.9 Å². The molecule has 0 amide bonds. The van der Waals surface area contributed by atoms with Gasteiger partial charge in [0.25, 0.3) is 0 Å². The molecule has 0 radical (unpaired) electrons. The molecule has 0 unspecified atom stereocenters. The van der Waals surface area contributed by atoms with Crippen LogP contribution in [0.2, 0.25) is 0 Å². The van der Waals surface area contributed by atoms with E-state index in [4.69, 9.17) is 4.74 Å². The molecule has 6 nitrogen and oxygen atoms in total. The molecule has 0 aliphatic heterocycles. The van der Waals surface area contributed by atoms with Crippen molar-refractivity contribution in [1.29, 1.82) is 0 Å². The van der Waals surface area contributed by atoms with Crippen molar-refractivity contribution in [2.45, 2.75) is 26.2 Å². The monoisotopic (exact) mass is 489 g/mol. The van der Waals surface area contributed by atoms with Gasteiger partial charge in [-0.05, 0) is 50.1 Å². The Morgan fingerprint density at radius 3 is 2.59 bits per heavy atom. The number of aromatic nitrogens is 2. The number of rotatable bonds is 10. The molecule has 0 saturated carbocycles. The van der Waals surface area contributed by atoms with E-state index >= 15 is 0 Å². The van der Waals surface area contributed by atoms with Gasteiger partial charge in [0, 0.05) is 46.0 Å². The summed E-state index contributed by atoms with van der Waals surface area (Å²) in [6, 6.07) is 8.25. The molecule has 0 fully saturated rings. The van der Waals surface area contributed by atoms with Crippen LogP contribution in [0.1, 0.15) is 25.5 Å². The number of guanidine groups is 1. The Kier molecular flexibility index (Phi) is 11.7. The normalized spacial score (nSPS) is 11.1. The van der Waals surface area contributed by atoms with E-state index < -0.39 is 0 Å². The average Bonchev–Trinajstić information content (AvgIpc) is 3.12. The van der Waals surface area contributed by atoms with Crippen LogP contribution in [0.3, 0.4) is 0 Å². The molecule has 0 aliphatic rings. The van der Waals surface area contributed by atoms with Crippen molar-refractivity contribution in [2.24, 2.45) is 4.99 Å². The molecule has 1 heterocycles. The Bertz CT molecular complexity index is 675. The molecule has 0 saturated heterocycles. The van der Waals surface area contributed by atoms with E-state index in [1.807, 2.05) is 19.2 Å². The fourth-order valence-corrected chi connectivity index (χ4v) is 2.44. The van der Waals surface area contributed by atoms with Crippen LogP contribution in [0, 0.1) is 5.82 Å². The molecule has 1 aromatic carbocycles. The van der Waals surface area contributed by atoms with Crippen molar-refractivity contribution in [1.82, 2.24) is 20.4 Å². The molecular weight excluding hydrogens is 460 g/mol. The van der Waals surface area contributed by atoms with Gasteiger partial charge < -0.3 is 15.4 Å². The second-order valence-electron chi connectivity index (χ2n) is 5.81. The van der Waals surface area contributed by atoms with Gasteiger partial charge in [0.1, 0.15) is 5.82 Å². The standard InChI is InChI=1S/C19H28FN5O.HI/c1-3-26-15-5-4-12-22-19(21-2)23-13-10-17-11-14-25(24-17)18-8-6-16(20)7-9-18;/h6-9,11,14H,3-5,10,12-13,15H2,1-2H3,(H2,21,22,23);1H. The second kappa shape index (κ2) is 13.5. The summed E-state index contributed by atoms with van der Waals surface area (Å²) in [6.07, 6.45) is 4.74. The van der Waals surface area contributed by atoms with Gasteiger partial charge in [0.2, 0.25) is 0 Å². The predicted octanol–water partition coefficient (Wildman–Crippen LogP) is 3.15. The summed E-state index contributed by atoms with van der Waals surface area (Å²) in [5.41, 5.74) is 1.81. The van der Waals surface area contributed by atoms with Crippen LogP contribution in [-0.4, -0.2) is 49.1 Å². The molecule has 27 heavy (non-hydrogen) atoms. The van der Waals surface area contributed by atoms with Gasteiger partial charge >= 0.3 is 0 Å². The number of hydrogen-bond acceptors (Lipinski definition) is 3. The van der Waals surface area contributed by atoms with Crippen LogP contribution in [0.25, 0.3) is 5.69 Å². The minimum atomic E-state index is -0.248. The highest BCUT2D eigenvalue weighted by atomic mass is 127. The highest BCUT2D eigenvalue weighted by Crippen LogP contribution is 2.09. The summed E-state index contributed by atoms with van der Waals surface area (Å²) in [4.78, 5) is 4.22. The van der Waals surface area contributed by atoms with Crippen molar-refractivity contribution in [3.05, 3.63) is 48.0 Å². The first-order valence-corrected chi connectivity index (χ1v) is 9.05. The maximum Gasteiger partial charge on any atom is 0.190 e. The molecule has 1 aromatic heterocycles. The number of nitrogens with one attached hydrogen (secondary N) is 2. The van der Waals surface area contributed by atoms with Gasteiger partial charge in [-0.3, -0.25) is 4.99 Å². The molecule has 150 valence electrons. The molecular formula is C19H29FIN5O. The Balaban J connectivity index is 0.00000364. The number of halogens is 2. The fourth-order valence-electron chi connectivity index (χ4n) is 2.44. The number of aliphatic imine (C=N–C) groups is 1. The Morgan fingerprint density at radius 1 is 1.15 bits per heavy atom. The van der Waals surface area contributed by atoms with Crippen molar-refractivity contribution >= 4 is 29.9 Å². The lowest BCUT2D eigenvalue weighted by atomic mass is 10.3. The van der Waals surface area contributed by atoms with E-state index in [9.17, 15) is 4.39 Å². The average molecular weight is 489 g/mol.